The standard InChI is InChI=1S/C21H26FN3O2/c1-21(23-2,20(27)25(16-22)17-26)15-24(13-18-9-5-3-6-10-18)14-19-11-7-4-8-12-19/h3-12,17,23H,13-16H2,1-2H3. The maximum absolute atomic E-state index is 13.0. The molecule has 0 aliphatic heterocycles. The lowest BCUT2D eigenvalue weighted by atomic mass is 9.99. The topological polar surface area (TPSA) is 52.7 Å². The van der Waals surface area contributed by atoms with Gasteiger partial charge >= 0.3 is 0 Å². The summed E-state index contributed by atoms with van der Waals surface area (Å²) in [5.74, 6) is -0.589. The molecular formula is C21H26FN3O2. The van der Waals surface area contributed by atoms with Crippen LogP contribution in [0.3, 0.4) is 0 Å². The normalized spacial score (nSPS) is 13.2. The van der Waals surface area contributed by atoms with Crippen molar-refractivity contribution in [2.75, 3.05) is 20.4 Å². The molecule has 27 heavy (non-hydrogen) atoms. The van der Waals surface area contributed by atoms with Gasteiger partial charge in [0.15, 0.2) is 6.80 Å². The van der Waals surface area contributed by atoms with Crippen molar-refractivity contribution in [2.24, 2.45) is 0 Å². The van der Waals surface area contributed by atoms with E-state index in [-0.39, 0.29) is 6.41 Å². The highest BCUT2D eigenvalue weighted by Crippen LogP contribution is 2.16. The fraction of sp³-hybridized carbons (Fsp3) is 0.333. The lowest BCUT2D eigenvalue weighted by molar-refractivity contribution is -0.145. The third-order valence-electron chi connectivity index (χ3n) is 4.58. The van der Waals surface area contributed by atoms with Gasteiger partial charge in [0.1, 0.15) is 5.54 Å². The fourth-order valence-corrected chi connectivity index (χ4v) is 3.00. The number of imide groups is 1. The summed E-state index contributed by atoms with van der Waals surface area (Å²) in [6.07, 6.45) is 0.233. The van der Waals surface area contributed by atoms with Crippen molar-refractivity contribution in [2.45, 2.75) is 25.6 Å². The summed E-state index contributed by atoms with van der Waals surface area (Å²) in [5.41, 5.74) is 1.12. The highest BCUT2D eigenvalue weighted by atomic mass is 19.1. The van der Waals surface area contributed by atoms with Crippen LogP contribution in [0, 0.1) is 0 Å². The largest absolute Gasteiger partial charge is 0.306 e. The van der Waals surface area contributed by atoms with Crippen LogP contribution in [0.25, 0.3) is 0 Å². The zero-order valence-electron chi connectivity index (χ0n) is 15.8. The van der Waals surface area contributed by atoms with Gasteiger partial charge in [-0.15, -0.1) is 0 Å². The Bertz CT molecular complexity index is 685. The quantitative estimate of drug-likeness (QED) is 0.515. The number of likely N-dealkylation sites (N-methyl/N-ethyl adjacent to an activating group) is 1. The van der Waals surface area contributed by atoms with E-state index in [1.165, 1.54) is 0 Å². The highest BCUT2D eigenvalue weighted by Gasteiger charge is 2.37. The minimum absolute atomic E-state index is 0.233. The van der Waals surface area contributed by atoms with E-state index < -0.39 is 18.2 Å². The molecule has 0 spiro atoms. The smallest absolute Gasteiger partial charge is 0.252 e. The molecule has 0 radical (unpaired) electrons. The van der Waals surface area contributed by atoms with E-state index in [0.717, 1.165) is 11.1 Å². The minimum atomic E-state index is -1.14. The third kappa shape index (κ3) is 5.70. The van der Waals surface area contributed by atoms with Crippen LogP contribution in [-0.4, -0.2) is 48.0 Å². The Labute approximate surface area is 159 Å². The van der Waals surface area contributed by atoms with E-state index in [1.807, 2.05) is 60.7 Å². The monoisotopic (exact) mass is 371 g/mol. The minimum Gasteiger partial charge on any atom is -0.306 e. The summed E-state index contributed by atoms with van der Waals surface area (Å²) in [4.78, 5) is 26.4. The molecule has 1 N–H and O–H groups in total. The number of hydrogen-bond donors (Lipinski definition) is 1. The Morgan fingerprint density at radius 1 is 1.04 bits per heavy atom. The van der Waals surface area contributed by atoms with Gasteiger partial charge < -0.3 is 5.32 Å². The molecule has 144 valence electrons. The Balaban J connectivity index is 2.25. The van der Waals surface area contributed by atoms with Crippen molar-refractivity contribution in [1.82, 2.24) is 15.1 Å². The van der Waals surface area contributed by atoms with E-state index in [2.05, 4.69) is 10.2 Å². The first-order valence-corrected chi connectivity index (χ1v) is 8.84. The van der Waals surface area contributed by atoms with Gasteiger partial charge in [-0.25, -0.2) is 4.39 Å². The maximum atomic E-state index is 13.0. The van der Waals surface area contributed by atoms with Gasteiger partial charge in [-0.05, 0) is 25.1 Å². The number of amides is 2. The number of rotatable bonds is 10. The van der Waals surface area contributed by atoms with Gasteiger partial charge in [-0.1, -0.05) is 60.7 Å². The Hall–Kier alpha value is -2.57. The molecule has 0 fully saturated rings. The van der Waals surface area contributed by atoms with E-state index in [0.29, 0.717) is 24.5 Å². The second-order valence-electron chi connectivity index (χ2n) is 6.70. The summed E-state index contributed by atoms with van der Waals surface area (Å²) >= 11 is 0. The van der Waals surface area contributed by atoms with Gasteiger partial charge in [-0.3, -0.25) is 19.4 Å². The Kier molecular flexibility index (Phi) is 7.64. The van der Waals surface area contributed by atoms with Crippen molar-refractivity contribution in [3.05, 3.63) is 71.8 Å². The Morgan fingerprint density at radius 2 is 1.52 bits per heavy atom. The molecule has 2 rings (SSSR count). The molecule has 2 aromatic carbocycles. The summed E-state index contributed by atoms with van der Waals surface area (Å²) in [5, 5.41) is 2.97. The van der Waals surface area contributed by atoms with Gasteiger partial charge in [0.2, 0.25) is 6.41 Å². The molecule has 0 bridgehead atoms. The molecule has 6 heteroatoms. The molecule has 0 aliphatic rings. The molecule has 0 aromatic heterocycles. The van der Waals surface area contributed by atoms with Crippen LogP contribution in [0.4, 0.5) is 4.39 Å². The van der Waals surface area contributed by atoms with Gasteiger partial charge in [0.05, 0.1) is 0 Å². The predicted octanol–water partition coefficient (Wildman–Crippen LogP) is 2.58. The van der Waals surface area contributed by atoms with E-state index in [4.69, 9.17) is 0 Å². The van der Waals surface area contributed by atoms with Crippen molar-refractivity contribution in [1.29, 1.82) is 0 Å². The number of nitrogens with zero attached hydrogens (tertiary/aromatic N) is 2. The number of nitrogens with one attached hydrogen (secondary N) is 1. The molecule has 2 aromatic rings. The molecular weight excluding hydrogens is 345 g/mol. The zero-order chi connectivity index (χ0) is 19.7. The lowest BCUT2D eigenvalue weighted by Crippen LogP contribution is -2.60. The van der Waals surface area contributed by atoms with Crippen LogP contribution in [0.5, 0.6) is 0 Å². The van der Waals surface area contributed by atoms with Gasteiger partial charge in [0, 0.05) is 19.6 Å². The molecule has 5 nitrogen and oxygen atoms in total. The molecule has 0 saturated heterocycles. The van der Waals surface area contributed by atoms with Crippen LogP contribution < -0.4 is 5.32 Å². The third-order valence-corrected chi connectivity index (χ3v) is 4.58. The molecule has 1 atom stereocenters. The Morgan fingerprint density at radius 3 is 1.89 bits per heavy atom. The highest BCUT2D eigenvalue weighted by molar-refractivity contribution is 5.93. The zero-order valence-corrected chi connectivity index (χ0v) is 15.8. The molecule has 1 unspecified atom stereocenters. The van der Waals surface area contributed by atoms with Crippen molar-refractivity contribution < 1.29 is 14.0 Å². The van der Waals surface area contributed by atoms with Gasteiger partial charge in [-0.2, -0.15) is 0 Å². The first-order chi connectivity index (χ1) is 13.0. The second-order valence-corrected chi connectivity index (χ2v) is 6.70. The van der Waals surface area contributed by atoms with Crippen LogP contribution in [-0.2, 0) is 22.7 Å². The number of hydrogen-bond acceptors (Lipinski definition) is 4. The van der Waals surface area contributed by atoms with Crippen LogP contribution in [0.2, 0.25) is 0 Å². The maximum Gasteiger partial charge on any atom is 0.252 e. The SMILES string of the molecule is CNC(C)(CN(Cc1ccccc1)Cc1ccccc1)C(=O)N(C=O)CF. The molecule has 0 heterocycles. The second kappa shape index (κ2) is 9.94. The number of carbonyl (C=O) groups is 2. The average molecular weight is 371 g/mol. The summed E-state index contributed by atoms with van der Waals surface area (Å²) in [6.45, 7) is 2.10. The van der Waals surface area contributed by atoms with Crippen molar-refractivity contribution in [3.8, 4) is 0 Å². The van der Waals surface area contributed by atoms with Crippen LogP contribution in [0.15, 0.2) is 60.7 Å². The summed E-state index contributed by atoms with van der Waals surface area (Å²) in [6, 6.07) is 19.9. The first-order valence-electron chi connectivity index (χ1n) is 8.84. The van der Waals surface area contributed by atoms with Crippen LogP contribution in [0.1, 0.15) is 18.1 Å². The molecule has 0 saturated carbocycles. The van der Waals surface area contributed by atoms with E-state index in [9.17, 15) is 14.0 Å². The number of benzene rings is 2. The molecule has 0 aliphatic carbocycles. The number of alkyl halides is 1. The van der Waals surface area contributed by atoms with E-state index >= 15 is 0 Å². The van der Waals surface area contributed by atoms with Gasteiger partial charge in [0.25, 0.3) is 5.91 Å². The molecule has 2 amide bonds. The van der Waals surface area contributed by atoms with E-state index in [1.54, 1.807) is 14.0 Å². The van der Waals surface area contributed by atoms with Crippen molar-refractivity contribution in [3.63, 3.8) is 0 Å². The van der Waals surface area contributed by atoms with Crippen molar-refractivity contribution >= 4 is 12.3 Å². The summed E-state index contributed by atoms with van der Waals surface area (Å²) < 4.78 is 13.0. The fourth-order valence-electron chi connectivity index (χ4n) is 3.00. The van der Waals surface area contributed by atoms with Crippen LogP contribution >= 0.6 is 0 Å². The average Bonchev–Trinajstić information content (AvgIpc) is 2.70. The lowest BCUT2D eigenvalue weighted by Gasteiger charge is -2.36. The predicted molar refractivity (Wildman–Crippen MR) is 103 cm³/mol. The number of halogens is 1. The number of carbonyl (C=O) groups excluding carboxylic acids is 2. The first kappa shape index (κ1) is 20.7. The summed E-state index contributed by atoms with van der Waals surface area (Å²) in [7, 11) is 1.64.